The molecule has 1 aromatic rings. The molecule has 1 unspecified atom stereocenters. The highest BCUT2D eigenvalue weighted by Gasteiger charge is 2.59. The van der Waals surface area contributed by atoms with Gasteiger partial charge in [0.15, 0.2) is 0 Å². The van der Waals surface area contributed by atoms with Crippen LogP contribution in [0.15, 0.2) is 35.2 Å². The number of hydrogen-bond acceptors (Lipinski definition) is 4. The van der Waals surface area contributed by atoms with E-state index < -0.39 is 38.6 Å². The van der Waals surface area contributed by atoms with Gasteiger partial charge in [-0.2, -0.15) is 8.78 Å². The molecule has 1 rings (SSSR count). The Kier molecular flexibility index (Phi) is 4.09. The van der Waals surface area contributed by atoms with Crippen LogP contribution in [0, 0.1) is 0 Å². The van der Waals surface area contributed by atoms with E-state index in [9.17, 15) is 22.3 Å². The van der Waals surface area contributed by atoms with Crippen molar-refractivity contribution in [2.75, 3.05) is 6.61 Å². The molecule has 0 spiro atoms. The zero-order valence-electron chi connectivity index (χ0n) is 9.68. The zero-order valence-corrected chi connectivity index (χ0v) is 10.5. The maximum atomic E-state index is 13.9. The van der Waals surface area contributed by atoms with Crippen molar-refractivity contribution in [1.29, 1.82) is 0 Å². The molecule has 0 aliphatic carbocycles. The fraction of sp³-hybridized carbons (Fsp3) is 0.455. The summed E-state index contributed by atoms with van der Waals surface area (Å²) < 4.78 is 51.4. The van der Waals surface area contributed by atoms with Crippen molar-refractivity contribution in [3.05, 3.63) is 30.3 Å². The first kappa shape index (κ1) is 15.0. The molecule has 0 aromatic heterocycles. The number of hydrogen-bond donors (Lipinski definition) is 2. The summed E-state index contributed by atoms with van der Waals surface area (Å²) >= 11 is 0. The van der Waals surface area contributed by atoms with Crippen LogP contribution in [-0.2, 0) is 9.84 Å². The predicted octanol–water partition coefficient (Wildman–Crippen LogP) is 1.19. The molecule has 0 radical (unpaired) electrons. The molecule has 1 atom stereocenters. The Bertz CT molecular complexity index is 497. The third-order valence-corrected chi connectivity index (χ3v) is 4.62. The second kappa shape index (κ2) is 4.91. The molecule has 102 valence electrons. The molecule has 0 amide bonds. The van der Waals surface area contributed by atoms with Crippen molar-refractivity contribution in [3.8, 4) is 0 Å². The van der Waals surface area contributed by atoms with Crippen molar-refractivity contribution in [2.24, 2.45) is 0 Å². The average Bonchev–Trinajstić information content (AvgIpc) is 2.29. The van der Waals surface area contributed by atoms with Gasteiger partial charge >= 0.3 is 5.25 Å². The molecule has 7 heteroatoms. The Balaban J connectivity index is 3.28. The lowest BCUT2D eigenvalue weighted by molar-refractivity contribution is -0.123. The summed E-state index contributed by atoms with van der Waals surface area (Å²) in [5.74, 6) is 0. The Morgan fingerprint density at radius 3 is 2.17 bits per heavy atom. The number of benzene rings is 1. The standard InChI is InChI=1S/C11H14F2O4S/c1-10(15,7-8-14)11(12,13)18(16,17)9-5-3-2-4-6-9/h2-6,14-15H,7-8H2,1H3. The summed E-state index contributed by atoms with van der Waals surface area (Å²) in [4.78, 5) is -0.576. The lowest BCUT2D eigenvalue weighted by Gasteiger charge is -2.31. The van der Waals surface area contributed by atoms with Gasteiger partial charge in [-0.15, -0.1) is 0 Å². The fourth-order valence-electron chi connectivity index (χ4n) is 1.40. The number of halogens is 2. The largest absolute Gasteiger partial charge is 0.396 e. The highest BCUT2D eigenvalue weighted by Crippen LogP contribution is 2.39. The molecule has 0 saturated heterocycles. The highest BCUT2D eigenvalue weighted by molar-refractivity contribution is 7.92. The normalized spacial score (nSPS) is 16.3. The molecule has 4 nitrogen and oxygen atoms in total. The molecule has 0 aliphatic rings. The first-order valence-corrected chi connectivity index (χ1v) is 6.66. The van der Waals surface area contributed by atoms with Gasteiger partial charge in [-0.3, -0.25) is 0 Å². The van der Waals surface area contributed by atoms with Gasteiger partial charge in [0.25, 0.3) is 0 Å². The topological polar surface area (TPSA) is 74.6 Å². The summed E-state index contributed by atoms with van der Waals surface area (Å²) in [7, 11) is -5.01. The highest BCUT2D eigenvalue weighted by atomic mass is 32.2. The molecule has 18 heavy (non-hydrogen) atoms. The van der Waals surface area contributed by atoms with Crippen molar-refractivity contribution in [3.63, 3.8) is 0 Å². The van der Waals surface area contributed by atoms with Crippen LogP contribution in [0.1, 0.15) is 13.3 Å². The van der Waals surface area contributed by atoms with E-state index in [1.165, 1.54) is 18.2 Å². The van der Waals surface area contributed by atoms with E-state index in [4.69, 9.17) is 5.11 Å². The van der Waals surface area contributed by atoms with Crippen LogP contribution in [-0.4, -0.2) is 36.1 Å². The van der Waals surface area contributed by atoms with Crippen molar-refractivity contribution < 1.29 is 27.4 Å². The van der Waals surface area contributed by atoms with E-state index >= 15 is 0 Å². The Labute approximate surface area is 104 Å². The van der Waals surface area contributed by atoms with Crippen molar-refractivity contribution in [1.82, 2.24) is 0 Å². The van der Waals surface area contributed by atoms with Crippen LogP contribution in [0.25, 0.3) is 0 Å². The van der Waals surface area contributed by atoms with Crippen LogP contribution in [0.2, 0.25) is 0 Å². The van der Waals surface area contributed by atoms with Gasteiger partial charge in [0.2, 0.25) is 9.84 Å². The minimum Gasteiger partial charge on any atom is -0.396 e. The fourth-order valence-corrected chi connectivity index (χ4v) is 2.89. The third kappa shape index (κ3) is 2.38. The summed E-state index contributed by atoms with van der Waals surface area (Å²) in [5, 5.41) is 13.8. The van der Waals surface area contributed by atoms with Gasteiger partial charge in [0.05, 0.1) is 4.90 Å². The Morgan fingerprint density at radius 1 is 1.22 bits per heavy atom. The van der Waals surface area contributed by atoms with Gasteiger partial charge in [0.1, 0.15) is 5.60 Å². The Morgan fingerprint density at radius 2 is 1.72 bits per heavy atom. The van der Waals surface area contributed by atoms with Gasteiger partial charge < -0.3 is 10.2 Å². The minimum atomic E-state index is -5.01. The lowest BCUT2D eigenvalue weighted by Crippen LogP contribution is -2.51. The summed E-state index contributed by atoms with van der Waals surface area (Å²) in [6.07, 6.45) is -0.744. The van der Waals surface area contributed by atoms with Gasteiger partial charge in [-0.1, -0.05) is 18.2 Å². The second-order valence-corrected chi connectivity index (χ2v) is 6.07. The summed E-state index contributed by atoms with van der Waals surface area (Å²) in [6.45, 7) is -0.0589. The maximum absolute atomic E-state index is 13.9. The predicted molar refractivity (Wildman–Crippen MR) is 60.9 cm³/mol. The van der Waals surface area contributed by atoms with E-state index in [2.05, 4.69) is 0 Å². The molecule has 2 N–H and O–H groups in total. The second-order valence-electron chi connectivity index (χ2n) is 4.08. The number of rotatable bonds is 5. The SMILES string of the molecule is CC(O)(CCO)C(F)(F)S(=O)(=O)c1ccccc1. The van der Waals surface area contributed by atoms with E-state index in [0.29, 0.717) is 6.92 Å². The van der Waals surface area contributed by atoms with Crippen LogP contribution in [0.4, 0.5) is 8.78 Å². The van der Waals surface area contributed by atoms with E-state index in [1.807, 2.05) is 0 Å². The molecule has 0 fully saturated rings. The number of aliphatic hydroxyl groups excluding tert-OH is 1. The molecule has 1 aromatic carbocycles. The number of sulfone groups is 1. The molecule has 0 bridgehead atoms. The molecule has 0 aliphatic heterocycles. The molecule has 0 saturated carbocycles. The van der Waals surface area contributed by atoms with E-state index in [1.54, 1.807) is 0 Å². The number of alkyl halides is 2. The monoisotopic (exact) mass is 280 g/mol. The quantitative estimate of drug-likeness (QED) is 0.849. The van der Waals surface area contributed by atoms with E-state index in [-0.39, 0.29) is 0 Å². The lowest BCUT2D eigenvalue weighted by atomic mass is 10.0. The molecular formula is C11H14F2O4S. The van der Waals surface area contributed by atoms with Crippen molar-refractivity contribution in [2.45, 2.75) is 29.1 Å². The van der Waals surface area contributed by atoms with Gasteiger partial charge in [-0.25, -0.2) is 8.42 Å². The summed E-state index contributed by atoms with van der Waals surface area (Å²) in [5.41, 5.74) is -2.84. The number of aliphatic hydroxyl groups is 2. The minimum absolute atomic E-state index is 0.576. The average molecular weight is 280 g/mol. The van der Waals surface area contributed by atoms with Crippen LogP contribution < -0.4 is 0 Å². The smallest absolute Gasteiger partial charge is 0.377 e. The van der Waals surface area contributed by atoms with Gasteiger partial charge in [0, 0.05) is 13.0 Å². The van der Waals surface area contributed by atoms with Crippen molar-refractivity contribution >= 4 is 9.84 Å². The van der Waals surface area contributed by atoms with Crippen LogP contribution in [0.5, 0.6) is 0 Å². The Hall–Kier alpha value is -1.05. The van der Waals surface area contributed by atoms with E-state index in [0.717, 1.165) is 12.1 Å². The van der Waals surface area contributed by atoms with Gasteiger partial charge in [-0.05, 0) is 19.1 Å². The summed E-state index contributed by atoms with van der Waals surface area (Å²) in [6, 6.07) is 6.16. The first-order valence-electron chi connectivity index (χ1n) is 5.17. The third-order valence-electron chi connectivity index (χ3n) is 2.62. The maximum Gasteiger partial charge on any atom is 0.377 e. The van der Waals surface area contributed by atoms with Crippen LogP contribution in [0.3, 0.4) is 0 Å². The first-order chi connectivity index (χ1) is 8.17. The van der Waals surface area contributed by atoms with Crippen LogP contribution >= 0.6 is 0 Å². The molecule has 0 heterocycles. The molecular weight excluding hydrogens is 266 g/mol. The zero-order chi connectivity index (χ0) is 14.0.